The van der Waals surface area contributed by atoms with Gasteiger partial charge in [0.15, 0.2) is 0 Å². The van der Waals surface area contributed by atoms with Crippen LogP contribution < -0.4 is 0 Å². The van der Waals surface area contributed by atoms with Gasteiger partial charge in [-0.15, -0.1) is 48.5 Å². The van der Waals surface area contributed by atoms with Gasteiger partial charge in [0.1, 0.15) is 10.9 Å². The summed E-state index contributed by atoms with van der Waals surface area (Å²) in [6.45, 7) is 0. The van der Waals surface area contributed by atoms with E-state index in [2.05, 4.69) is 25.3 Å². The lowest BCUT2D eigenvalue weighted by atomic mass is 10.5. The van der Waals surface area contributed by atoms with Crippen LogP contribution in [-0.4, -0.2) is 22.6 Å². The average Bonchev–Trinajstić information content (AvgIpc) is 1.87. The predicted octanol–water partition coefficient (Wildman–Crippen LogP) is 2.77. The summed E-state index contributed by atoms with van der Waals surface area (Å²) in [7, 11) is 0. The van der Waals surface area contributed by atoms with Crippen LogP contribution in [0.1, 0.15) is 12.8 Å². The maximum absolute atomic E-state index is 5.48. The molecule has 0 aromatic carbocycles. The van der Waals surface area contributed by atoms with E-state index in [1.807, 2.05) is 0 Å². The first-order valence-corrected chi connectivity index (χ1v) is 5.44. The molecule has 0 radical (unpaired) electrons. The molecule has 0 aromatic rings. The van der Waals surface area contributed by atoms with Crippen molar-refractivity contribution in [3.63, 3.8) is 0 Å². The van der Waals surface area contributed by atoms with E-state index in [1.165, 1.54) is 0 Å². The number of ether oxygens (including phenoxy) is 1. The molecule has 0 aromatic heterocycles. The molecule has 0 spiro atoms. The van der Waals surface area contributed by atoms with Crippen LogP contribution in [0.4, 0.5) is 0 Å². The van der Waals surface area contributed by atoms with Crippen LogP contribution in [0.15, 0.2) is 0 Å². The summed E-state index contributed by atoms with van der Waals surface area (Å²) < 4.78 is 5.29. The van der Waals surface area contributed by atoms with Gasteiger partial charge in [0.05, 0.1) is 0 Å². The zero-order chi connectivity index (χ0) is 8.69. The first-order chi connectivity index (χ1) is 5.20. The molecule has 2 unspecified atom stereocenters. The van der Waals surface area contributed by atoms with Crippen molar-refractivity contribution in [1.82, 2.24) is 0 Å². The third-order valence-electron chi connectivity index (χ3n) is 1.03. The van der Waals surface area contributed by atoms with E-state index < -0.39 is 0 Å². The van der Waals surface area contributed by atoms with E-state index in [-0.39, 0.29) is 10.9 Å². The molecule has 2 atom stereocenters. The minimum Gasteiger partial charge on any atom is -0.354 e. The molecule has 0 bridgehead atoms. The average molecular weight is 235 g/mol. The van der Waals surface area contributed by atoms with E-state index in [1.54, 1.807) is 0 Å². The van der Waals surface area contributed by atoms with Crippen molar-refractivity contribution < 1.29 is 4.74 Å². The number of hydrogen-bond acceptors (Lipinski definition) is 3. The van der Waals surface area contributed by atoms with Gasteiger partial charge in [0, 0.05) is 11.8 Å². The highest BCUT2D eigenvalue weighted by Crippen LogP contribution is 2.13. The third kappa shape index (κ3) is 7.60. The SMILES string of the molecule is SC(CCCl)OC(S)CCCl. The van der Waals surface area contributed by atoms with E-state index in [0.29, 0.717) is 11.8 Å². The molecule has 0 fully saturated rings. The lowest BCUT2D eigenvalue weighted by Crippen LogP contribution is -2.14. The van der Waals surface area contributed by atoms with Gasteiger partial charge in [0.2, 0.25) is 0 Å². The van der Waals surface area contributed by atoms with Crippen LogP contribution in [0.5, 0.6) is 0 Å². The van der Waals surface area contributed by atoms with Gasteiger partial charge in [-0.1, -0.05) is 0 Å². The molecule has 11 heavy (non-hydrogen) atoms. The molecule has 0 rings (SSSR count). The highest BCUT2D eigenvalue weighted by molar-refractivity contribution is 7.81. The quantitative estimate of drug-likeness (QED) is 0.409. The molecule has 0 saturated carbocycles. The molecule has 0 aliphatic carbocycles. The summed E-state index contributed by atoms with van der Waals surface area (Å²) >= 11 is 19.2. The second-order valence-corrected chi connectivity index (χ2v) is 3.91. The summed E-state index contributed by atoms with van der Waals surface area (Å²) in [6.07, 6.45) is 1.45. The molecule has 0 aliphatic heterocycles. The van der Waals surface area contributed by atoms with E-state index in [0.717, 1.165) is 12.8 Å². The molecule has 0 saturated heterocycles. The number of thiol groups is 2. The largest absolute Gasteiger partial charge is 0.354 e. The maximum Gasteiger partial charge on any atom is 0.103 e. The maximum atomic E-state index is 5.48. The number of halogens is 2. The van der Waals surface area contributed by atoms with Crippen molar-refractivity contribution in [2.45, 2.75) is 23.7 Å². The van der Waals surface area contributed by atoms with E-state index >= 15 is 0 Å². The van der Waals surface area contributed by atoms with Crippen LogP contribution >= 0.6 is 48.5 Å². The molecule has 68 valence electrons. The Hall–Kier alpha value is 1.24. The van der Waals surface area contributed by atoms with Gasteiger partial charge in [-0.2, -0.15) is 0 Å². The van der Waals surface area contributed by atoms with Crippen molar-refractivity contribution in [3.05, 3.63) is 0 Å². The minimum atomic E-state index is -0.127. The monoisotopic (exact) mass is 234 g/mol. The van der Waals surface area contributed by atoms with E-state index in [4.69, 9.17) is 27.9 Å². The smallest absolute Gasteiger partial charge is 0.103 e. The molecular formula is C6H12Cl2OS2. The third-order valence-corrected chi connectivity index (χ3v) is 2.22. The van der Waals surface area contributed by atoms with Crippen molar-refractivity contribution in [3.8, 4) is 0 Å². The van der Waals surface area contributed by atoms with Crippen molar-refractivity contribution >= 4 is 48.5 Å². The second-order valence-electron chi connectivity index (χ2n) is 2.00. The van der Waals surface area contributed by atoms with Gasteiger partial charge in [-0.3, -0.25) is 0 Å². The fourth-order valence-corrected chi connectivity index (χ4v) is 1.85. The van der Waals surface area contributed by atoms with Crippen LogP contribution in [-0.2, 0) is 4.74 Å². The van der Waals surface area contributed by atoms with Crippen LogP contribution in [0.3, 0.4) is 0 Å². The summed E-state index contributed by atoms with van der Waals surface area (Å²) in [6, 6.07) is 0. The fraction of sp³-hybridized carbons (Fsp3) is 1.00. The zero-order valence-electron chi connectivity index (χ0n) is 6.04. The molecule has 0 aliphatic rings. The summed E-state index contributed by atoms with van der Waals surface area (Å²) in [5, 5.41) is 0. The van der Waals surface area contributed by atoms with Crippen LogP contribution in [0.2, 0.25) is 0 Å². The molecule has 0 amide bonds. The van der Waals surface area contributed by atoms with Gasteiger partial charge in [0.25, 0.3) is 0 Å². The van der Waals surface area contributed by atoms with E-state index in [9.17, 15) is 0 Å². The predicted molar refractivity (Wildman–Crippen MR) is 57.3 cm³/mol. The number of hydrogen-bond donors (Lipinski definition) is 2. The molecule has 1 nitrogen and oxygen atoms in total. The van der Waals surface area contributed by atoms with Gasteiger partial charge in [-0.25, -0.2) is 0 Å². The fourth-order valence-electron chi connectivity index (χ4n) is 0.504. The highest BCUT2D eigenvalue weighted by Gasteiger charge is 2.08. The normalized spacial score (nSPS) is 16.4. The van der Waals surface area contributed by atoms with Gasteiger partial charge in [-0.05, 0) is 12.8 Å². The highest BCUT2D eigenvalue weighted by atomic mass is 35.5. The van der Waals surface area contributed by atoms with Gasteiger partial charge >= 0.3 is 0 Å². The lowest BCUT2D eigenvalue weighted by molar-refractivity contribution is 0.0909. The standard InChI is InChI=1S/C6H12Cl2OS2/c7-3-1-5(10)9-6(11)2-4-8/h5-6,10-11H,1-4H2. The number of rotatable bonds is 6. The Morgan fingerprint density at radius 2 is 1.36 bits per heavy atom. The summed E-state index contributed by atoms with van der Waals surface area (Å²) in [5.41, 5.74) is -0.253. The summed E-state index contributed by atoms with van der Waals surface area (Å²) in [5.74, 6) is 1.10. The Balaban J connectivity index is 3.32. The van der Waals surface area contributed by atoms with Crippen molar-refractivity contribution in [1.29, 1.82) is 0 Å². The van der Waals surface area contributed by atoms with Crippen LogP contribution in [0.25, 0.3) is 0 Å². The molecule has 5 heteroatoms. The lowest BCUT2D eigenvalue weighted by Gasteiger charge is -2.15. The topological polar surface area (TPSA) is 9.23 Å². The Bertz CT molecular complexity index is 84.7. The van der Waals surface area contributed by atoms with Crippen molar-refractivity contribution in [2.24, 2.45) is 0 Å². The zero-order valence-corrected chi connectivity index (χ0v) is 9.34. The Morgan fingerprint density at radius 1 is 1.00 bits per heavy atom. The Kier molecular flexibility index (Phi) is 8.75. The van der Waals surface area contributed by atoms with Gasteiger partial charge < -0.3 is 4.74 Å². The first kappa shape index (κ1) is 12.2. The van der Waals surface area contributed by atoms with Crippen molar-refractivity contribution in [2.75, 3.05) is 11.8 Å². The molecular weight excluding hydrogens is 223 g/mol. The summed E-state index contributed by atoms with van der Waals surface area (Å²) in [4.78, 5) is 0. The van der Waals surface area contributed by atoms with Crippen LogP contribution in [0, 0.1) is 0 Å². The first-order valence-electron chi connectivity index (χ1n) is 3.34. The second kappa shape index (κ2) is 7.87. The number of alkyl halides is 2. The molecule has 0 N–H and O–H groups in total. The Morgan fingerprint density at radius 3 is 1.64 bits per heavy atom. The minimum absolute atomic E-state index is 0.127. The Labute approximate surface area is 88.6 Å². The molecule has 0 heterocycles.